The number of esters is 1. The molecule has 0 bridgehead atoms. The number of carbonyl (C=O) groups is 2. The summed E-state index contributed by atoms with van der Waals surface area (Å²) < 4.78 is 44.1. The average Bonchev–Trinajstić information content (AvgIpc) is 2.98. The summed E-state index contributed by atoms with van der Waals surface area (Å²) in [6, 6.07) is 0.928. The highest BCUT2D eigenvalue weighted by molar-refractivity contribution is 7.21. The number of aryl methyl sites for hydroxylation is 1. The van der Waals surface area contributed by atoms with Crippen LogP contribution in [0.15, 0.2) is 6.07 Å². The zero-order valence-electron chi connectivity index (χ0n) is 15.4. The molecule has 10 heteroatoms. The maximum Gasteiger partial charge on any atom is 0.433 e. The quantitative estimate of drug-likeness (QED) is 0.774. The van der Waals surface area contributed by atoms with Crippen LogP contribution >= 0.6 is 11.3 Å². The van der Waals surface area contributed by atoms with E-state index in [0.717, 1.165) is 17.4 Å². The summed E-state index contributed by atoms with van der Waals surface area (Å²) in [5.74, 6) is -1.16. The van der Waals surface area contributed by atoms with E-state index in [9.17, 15) is 22.8 Å². The predicted molar refractivity (Wildman–Crippen MR) is 99.0 cm³/mol. The first-order chi connectivity index (χ1) is 13.1. The maximum absolute atomic E-state index is 13.0. The third-order valence-corrected chi connectivity index (χ3v) is 5.80. The van der Waals surface area contributed by atoms with Gasteiger partial charge in [-0.15, -0.1) is 11.3 Å². The number of carbonyl (C=O) groups excluding carboxylic acids is 2. The van der Waals surface area contributed by atoms with Crippen molar-refractivity contribution in [1.82, 2.24) is 9.88 Å². The molecule has 1 aliphatic heterocycles. The number of nitrogens with zero attached hydrogens (tertiary/aromatic N) is 2. The van der Waals surface area contributed by atoms with E-state index in [1.165, 1.54) is 11.8 Å². The van der Waals surface area contributed by atoms with Crippen molar-refractivity contribution in [1.29, 1.82) is 0 Å². The van der Waals surface area contributed by atoms with Gasteiger partial charge in [-0.1, -0.05) is 0 Å². The lowest BCUT2D eigenvalue weighted by molar-refractivity contribution is -0.149. The van der Waals surface area contributed by atoms with E-state index >= 15 is 0 Å². The number of halogens is 3. The van der Waals surface area contributed by atoms with Gasteiger partial charge >= 0.3 is 12.1 Å². The second-order valence-corrected chi connectivity index (χ2v) is 7.69. The third kappa shape index (κ3) is 3.78. The largest absolute Gasteiger partial charge is 0.466 e. The highest BCUT2D eigenvalue weighted by atomic mass is 32.1. The van der Waals surface area contributed by atoms with Gasteiger partial charge in [-0.05, 0) is 38.3 Å². The molecule has 152 valence electrons. The average molecular weight is 415 g/mol. The molecule has 0 aliphatic carbocycles. The number of thiophene rings is 1. The van der Waals surface area contributed by atoms with Crippen molar-refractivity contribution in [3.63, 3.8) is 0 Å². The molecule has 1 fully saturated rings. The molecule has 1 saturated heterocycles. The molecule has 3 rings (SSSR count). The van der Waals surface area contributed by atoms with E-state index in [0.29, 0.717) is 30.3 Å². The lowest BCUT2D eigenvalue weighted by Gasteiger charge is -2.31. The zero-order chi connectivity index (χ0) is 20.6. The summed E-state index contributed by atoms with van der Waals surface area (Å²) in [7, 11) is 0. The summed E-state index contributed by atoms with van der Waals surface area (Å²) in [5, 5.41) is 0.361. The lowest BCUT2D eigenvalue weighted by atomic mass is 9.98. The minimum Gasteiger partial charge on any atom is -0.466 e. The van der Waals surface area contributed by atoms with Gasteiger partial charge in [0.2, 0.25) is 0 Å². The van der Waals surface area contributed by atoms with Gasteiger partial charge in [-0.25, -0.2) is 4.98 Å². The second-order valence-electron chi connectivity index (χ2n) is 6.69. The van der Waals surface area contributed by atoms with Crippen LogP contribution in [0.3, 0.4) is 0 Å². The second kappa shape index (κ2) is 7.57. The van der Waals surface area contributed by atoms with Gasteiger partial charge < -0.3 is 15.4 Å². The number of piperidine rings is 1. The molecule has 0 spiro atoms. The first-order valence-corrected chi connectivity index (χ1v) is 9.67. The number of amides is 1. The van der Waals surface area contributed by atoms with Crippen LogP contribution in [-0.4, -0.2) is 41.5 Å². The number of alkyl halides is 3. The molecule has 1 unspecified atom stereocenters. The van der Waals surface area contributed by atoms with Crippen LogP contribution in [0.1, 0.15) is 40.7 Å². The van der Waals surface area contributed by atoms with Crippen LogP contribution in [0.5, 0.6) is 0 Å². The molecule has 3 heterocycles. The van der Waals surface area contributed by atoms with Gasteiger partial charge in [-0.2, -0.15) is 13.2 Å². The third-order valence-electron chi connectivity index (χ3n) is 4.71. The van der Waals surface area contributed by atoms with Gasteiger partial charge in [0.1, 0.15) is 15.4 Å². The molecule has 28 heavy (non-hydrogen) atoms. The summed E-state index contributed by atoms with van der Waals surface area (Å²) >= 11 is 0.846. The van der Waals surface area contributed by atoms with Crippen molar-refractivity contribution in [2.75, 3.05) is 25.4 Å². The smallest absolute Gasteiger partial charge is 0.433 e. The number of hydrogen-bond acceptors (Lipinski definition) is 6. The van der Waals surface area contributed by atoms with Crippen LogP contribution in [0.4, 0.5) is 18.9 Å². The number of aromatic nitrogens is 1. The Morgan fingerprint density at radius 1 is 1.43 bits per heavy atom. The number of nitrogen functional groups attached to an aromatic ring is 1. The highest BCUT2D eigenvalue weighted by Crippen LogP contribution is 2.39. The molecule has 0 radical (unpaired) electrons. The normalized spacial score (nSPS) is 17.8. The Morgan fingerprint density at radius 2 is 2.14 bits per heavy atom. The minimum atomic E-state index is -4.58. The van der Waals surface area contributed by atoms with E-state index in [1.807, 2.05) is 0 Å². The number of nitrogens with two attached hydrogens (primary N) is 1. The van der Waals surface area contributed by atoms with Gasteiger partial charge in [0.25, 0.3) is 5.91 Å². The number of fused-ring (bicyclic) bond motifs is 1. The summed E-state index contributed by atoms with van der Waals surface area (Å²) in [6.45, 7) is 4.13. The molecule has 1 amide bonds. The van der Waals surface area contributed by atoms with Gasteiger partial charge in [0.15, 0.2) is 0 Å². The number of hydrogen-bond donors (Lipinski definition) is 1. The molecule has 6 nitrogen and oxygen atoms in total. The van der Waals surface area contributed by atoms with Crippen LogP contribution in [0.2, 0.25) is 0 Å². The van der Waals surface area contributed by atoms with Crippen LogP contribution < -0.4 is 5.73 Å². The predicted octanol–water partition coefficient (Wildman–Crippen LogP) is 3.62. The summed E-state index contributed by atoms with van der Waals surface area (Å²) in [5.41, 5.74) is 5.52. The topological polar surface area (TPSA) is 85.5 Å². The van der Waals surface area contributed by atoms with E-state index < -0.39 is 23.7 Å². The summed E-state index contributed by atoms with van der Waals surface area (Å²) in [6.07, 6.45) is -3.32. The molecular weight excluding hydrogens is 395 g/mol. The number of anilines is 1. The van der Waals surface area contributed by atoms with Gasteiger partial charge in [0.05, 0.1) is 18.2 Å². The first kappa shape index (κ1) is 20.4. The minimum absolute atomic E-state index is 0.0760. The van der Waals surface area contributed by atoms with E-state index in [1.54, 1.807) is 6.92 Å². The molecule has 2 aromatic rings. The van der Waals surface area contributed by atoms with Crippen molar-refractivity contribution < 1.29 is 27.5 Å². The number of likely N-dealkylation sites (tertiary alicyclic amines) is 1. The first-order valence-electron chi connectivity index (χ1n) is 8.86. The number of rotatable bonds is 3. The van der Waals surface area contributed by atoms with Gasteiger partial charge in [-0.3, -0.25) is 9.59 Å². The Balaban J connectivity index is 1.92. The van der Waals surface area contributed by atoms with E-state index in [4.69, 9.17) is 10.5 Å². The fourth-order valence-corrected chi connectivity index (χ4v) is 4.51. The fraction of sp³-hybridized carbons (Fsp3) is 0.500. The molecule has 2 N–H and O–H groups in total. The molecule has 1 aliphatic rings. The van der Waals surface area contributed by atoms with E-state index in [2.05, 4.69) is 4.98 Å². The SMILES string of the molecule is CCOC(=O)C1CCCN(C(=O)c2sc3nc(C(F)(F)F)cc(C)c3c2N)C1. The van der Waals surface area contributed by atoms with E-state index in [-0.39, 0.29) is 34.5 Å². The van der Waals surface area contributed by atoms with Crippen molar-refractivity contribution in [2.45, 2.75) is 32.9 Å². The van der Waals surface area contributed by atoms with Crippen molar-refractivity contribution >= 4 is 39.1 Å². The fourth-order valence-electron chi connectivity index (χ4n) is 3.37. The maximum atomic E-state index is 13.0. The zero-order valence-corrected chi connectivity index (χ0v) is 16.2. The van der Waals surface area contributed by atoms with Crippen molar-refractivity contribution in [3.05, 3.63) is 22.2 Å². The van der Waals surface area contributed by atoms with Crippen LogP contribution in [0.25, 0.3) is 10.2 Å². The standard InChI is InChI=1S/C18H20F3N3O3S/c1-3-27-17(26)10-5-4-6-24(8-10)16(25)14-13(22)12-9(2)7-11(18(19,20)21)23-15(12)28-14/h7,10H,3-6,8,22H2,1-2H3. The Labute approximate surface area is 163 Å². The Morgan fingerprint density at radius 3 is 2.79 bits per heavy atom. The number of ether oxygens (including phenoxy) is 1. The van der Waals surface area contributed by atoms with Crippen molar-refractivity contribution in [2.24, 2.45) is 5.92 Å². The Bertz CT molecular complexity index is 926. The molecule has 2 aromatic heterocycles. The molecule has 0 saturated carbocycles. The monoisotopic (exact) mass is 415 g/mol. The van der Waals surface area contributed by atoms with Crippen molar-refractivity contribution in [3.8, 4) is 0 Å². The van der Waals surface area contributed by atoms with Crippen LogP contribution in [-0.2, 0) is 15.7 Å². The number of pyridine rings is 1. The molecule has 0 aromatic carbocycles. The Hall–Kier alpha value is -2.36. The lowest BCUT2D eigenvalue weighted by Crippen LogP contribution is -2.42. The summed E-state index contributed by atoms with van der Waals surface area (Å²) in [4.78, 5) is 30.3. The van der Waals surface area contributed by atoms with Gasteiger partial charge in [0, 0.05) is 18.5 Å². The van der Waals surface area contributed by atoms with Crippen LogP contribution in [0, 0.1) is 12.8 Å². The highest BCUT2D eigenvalue weighted by Gasteiger charge is 2.35. The molecule has 1 atom stereocenters. The Kier molecular flexibility index (Phi) is 5.51. The molecular formula is C18H20F3N3O3S.